The van der Waals surface area contributed by atoms with Crippen molar-refractivity contribution in [2.45, 2.75) is 0 Å². The fraction of sp³-hybridized carbons (Fsp3) is 0. The Balaban J connectivity index is 1.06. The fourth-order valence-electron chi connectivity index (χ4n) is 8.76. The van der Waals surface area contributed by atoms with Gasteiger partial charge in [-0.2, -0.15) is 0 Å². The largest absolute Gasteiger partial charge is 0.456 e. The maximum absolute atomic E-state index is 6.25. The predicted octanol–water partition coefficient (Wildman–Crippen LogP) is 13.6. The lowest BCUT2D eigenvalue weighted by molar-refractivity contribution is 0.669. The number of rotatable bonds is 5. The summed E-state index contributed by atoms with van der Waals surface area (Å²) < 4.78 is 11.1. The van der Waals surface area contributed by atoms with Gasteiger partial charge in [0.2, 0.25) is 0 Å². The predicted molar refractivity (Wildman–Crippen MR) is 234 cm³/mol. The molecular formula is C52H32N4O. The van der Waals surface area contributed by atoms with Gasteiger partial charge in [0, 0.05) is 60.4 Å². The van der Waals surface area contributed by atoms with Crippen LogP contribution in [0, 0.1) is 0 Å². The summed E-state index contributed by atoms with van der Waals surface area (Å²) in [6.45, 7) is 0. The van der Waals surface area contributed by atoms with E-state index in [0.717, 1.165) is 72.4 Å². The lowest BCUT2D eigenvalue weighted by atomic mass is 10.1. The fourth-order valence-corrected chi connectivity index (χ4v) is 8.76. The van der Waals surface area contributed by atoms with E-state index in [1.807, 2.05) is 48.5 Å². The first-order chi connectivity index (χ1) is 28.3. The van der Waals surface area contributed by atoms with Crippen LogP contribution in [-0.4, -0.2) is 19.1 Å². The van der Waals surface area contributed by atoms with Gasteiger partial charge in [-0.25, -0.2) is 9.97 Å². The molecule has 0 radical (unpaired) electrons. The van der Waals surface area contributed by atoms with Crippen molar-refractivity contribution in [3.63, 3.8) is 0 Å². The molecule has 4 heterocycles. The Morgan fingerprint density at radius 1 is 0.351 bits per heavy atom. The first-order valence-electron chi connectivity index (χ1n) is 19.2. The van der Waals surface area contributed by atoms with Crippen molar-refractivity contribution in [1.82, 2.24) is 19.1 Å². The van der Waals surface area contributed by atoms with E-state index < -0.39 is 0 Å². The van der Waals surface area contributed by atoms with Crippen LogP contribution in [0.3, 0.4) is 0 Å². The second-order valence-corrected chi connectivity index (χ2v) is 14.6. The van der Waals surface area contributed by atoms with Crippen LogP contribution in [0.1, 0.15) is 0 Å². The number of nitrogens with zero attached hydrogens (tertiary/aromatic N) is 4. The molecule has 0 fully saturated rings. The van der Waals surface area contributed by atoms with Crippen LogP contribution in [-0.2, 0) is 0 Å². The van der Waals surface area contributed by atoms with E-state index >= 15 is 0 Å². The molecule has 0 N–H and O–H groups in total. The number of fused-ring (bicyclic) bond motifs is 10. The summed E-state index contributed by atoms with van der Waals surface area (Å²) in [6, 6.07) is 68.4. The molecule has 4 aromatic heterocycles. The van der Waals surface area contributed by atoms with Crippen LogP contribution in [0.25, 0.3) is 111 Å². The Labute approximate surface area is 327 Å². The molecule has 0 bridgehead atoms. The van der Waals surface area contributed by atoms with Crippen molar-refractivity contribution >= 4 is 65.6 Å². The minimum absolute atomic E-state index is 0.706. The van der Waals surface area contributed by atoms with E-state index in [0.29, 0.717) is 5.82 Å². The topological polar surface area (TPSA) is 48.8 Å². The van der Waals surface area contributed by atoms with Crippen LogP contribution < -0.4 is 0 Å². The molecule has 0 aliphatic carbocycles. The normalized spacial score (nSPS) is 11.9. The summed E-state index contributed by atoms with van der Waals surface area (Å²) in [5.74, 6) is 0.706. The monoisotopic (exact) mass is 728 g/mol. The molecule has 0 unspecified atom stereocenters. The maximum Gasteiger partial charge on any atom is 0.160 e. The molecule has 0 amide bonds. The number of para-hydroxylation sites is 3. The van der Waals surface area contributed by atoms with Gasteiger partial charge in [0.1, 0.15) is 11.2 Å². The Morgan fingerprint density at radius 3 is 1.68 bits per heavy atom. The first kappa shape index (κ1) is 31.6. The van der Waals surface area contributed by atoms with Gasteiger partial charge < -0.3 is 13.6 Å². The van der Waals surface area contributed by atoms with E-state index in [4.69, 9.17) is 14.4 Å². The van der Waals surface area contributed by atoms with Crippen molar-refractivity contribution < 1.29 is 4.42 Å². The second kappa shape index (κ2) is 12.4. The molecule has 12 aromatic rings. The zero-order valence-electron chi connectivity index (χ0n) is 30.7. The Hall–Kier alpha value is -7.76. The van der Waals surface area contributed by atoms with Gasteiger partial charge >= 0.3 is 0 Å². The van der Waals surface area contributed by atoms with E-state index in [2.05, 4.69) is 155 Å². The van der Waals surface area contributed by atoms with Crippen molar-refractivity contribution in [3.05, 3.63) is 194 Å². The van der Waals surface area contributed by atoms with Crippen LogP contribution in [0.4, 0.5) is 0 Å². The number of furan rings is 1. The van der Waals surface area contributed by atoms with E-state index in [1.165, 1.54) is 32.6 Å². The number of benzene rings is 8. The standard InChI is InChI=1S/C52H32N4O/c1-3-13-33(14-4-1)43-32-44(54-52(53-43)35-15-5-2-6-16-35)34-23-25-36(26-24-34)55-46-21-11-8-19-41(46)50-47(55)29-28-40-38-17-7-10-20-45(38)56(51(40)50)37-27-30-49-42(31-37)39-18-9-12-22-48(39)57-49/h1-32H. The number of hydrogen-bond acceptors (Lipinski definition) is 3. The molecule has 12 rings (SSSR count). The smallest absolute Gasteiger partial charge is 0.160 e. The molecule has 266 valence electrons. The lowest BCUT2D eigenvalue weighted by Crippen LogP contribution is -1.97. The third kappa shape index (κ3) is 4.89. The van der Waals surface area contributed by atoms with Crippen molar-refractivity contribution in [3.8, 4) is 45.3 Å². The summed E-state index contributed by atoms with van der Waals surface area (Å²) in [6.07, 6.45) is 0. The minimum Gasteiger partial charge on any atom is -0.456 e. The molecule has 0 aliphatic rings. The summed E-state index contributed by atoms with van der Waals surface area (Å²) >= 11 is 0. The minimum atomic E-state index is 0.706. The summed E-state index contributed by atoms with van der Waals surface area (Å²) in [5.41, 5.74) is 13.5. The van der Waals surface area contributed by atoms with Gasteiger partial charge in [-0.1, -0.05) is 133 Å². The highest BCUT2D eigenvalue weighted by Crippen LogP contribution is 2.43. The Bertz CT molecular complexity index is 3450. The number of aromatic nitrogens is 4. The molecule has 5 nitrogen and oxygen atoms in total. The molecule has 57 heavy (non-hydrogen) atoms. The van der Waals surface area contributed by atoms with Gasteiger partial charge in [-0.15, -0.1) is 0 Å². The molecular weight excluding hydrogens is 697 g/mol. The van der Waals surface area contributed by atoms with E-state index in [-0.39, 0.29) is 0 Å². The van der Waals surface area contributed by atoms with Crippen LogP contribution >= 0.6 is 0 Å². The Kier molecular flexibility index (Phi) is 6.86. The highest BCUT2D eigenvalue weighted by molar-refractivity contribution is 6.26. The SMILES string of the molecule is c1ccc(-c2cc(-c3ccc(-n4c5ccccc5c5c4ccc4c6ccccc6n(-c6ccc7oc8ccccc8c7c6)c45)cc3)nc(-c3ccccc3)n2)cc1. The number of hydrogen-bond donors (Lipinski definition) is 0. The second-order valence-electron chi connectivity index (χ2n) is 14.6. The maximum atomic E-state index is 6.25. The zero-order valence-corrected chi connectivity index (χ0v) is 30.7. The molecule has 8 aromatic carbocycles. The summed E-state index contributed by atoms with van der Waals surface area (Å²) in [4.78, 5) is 10.1. The molecule has 0 saturated carbocycles. The van der Waals surface area contributed by atoms with Crippen molar-refractivity contribution in [2.75, 3.05) is 0 Å². The third-order valence-electron chi connectivity index (χ3n) is 11.3. The molecule has 0 atom stereocenters. The van der Waals surface area contributed by atoms with Crippen molar-refractivity contribution in [1.29, 1.82) is 0 Å². The van der Waals surface area contributed by atoms with Crippen LogP contribution in [0.15, 0.2) is 199 Å². The van der Waals surface area contributed by atoms with E-state index in [9.17, 15) is 0 Å². The Morgan fingerprint density at radius 2 is 0.930 bits per heavy atom. The third-order valence-corrected chi connectivity index (χ3v) is 11.3. The summed E-state index contributed by atoms with van der Waals surface area (Å²) in [5, 5.41) is 7.10. The molecule has 5 heteroatoms. The molecule has 0 saturated heterocycles. The summed E-state index contributed by atoms with van der Waals surface area (Å²) in [7, 11) is 0. The van der Waals surface area contributed by atoms with Crippen molar-refractivity contribution in [2.24, 2.45) is 0 Å². The van der Waals surface area contributed by atoms with Crippen LogP contribution in [0.2, 0.25) is 0 Å². The highest BCUT2D eigenvalue weighted by atomic mass is 16.3. The van der Waals surface area contributed by atoms with Gasteiger partial charge in [-0.05, 0) is 60.7 Å². The first-order valence-corrected chi connectivity index (χ1v) is 19.2. The van der Waals surface area contributed by atoms with Gasteiger partial charge in [0.25, 0.3) is 0 Å². The van der Waals surface area contributed by atoms with Crippen LogP contribution in [0.5, 0.6) is 0 Å². The quantitative estimate of drug-likeness (QED) is 0.177. The van der Waals surface area contributed by atoms with Gasteiger partial charge in [0.05, 0.1) is 33.5 Å². The zero-order chi connectivity index (χ0) is 37.5. The van der Waals surface area contributed by atoms with Gasteiger partial charge in [-0.3, -0.25) is 0 Å². The molecule has 0 spiro atoms. The highest BCUT2D eigenvalue weighted by Gasteiger charge is 2.21. The average Bonchev–Trinajstić information content (AvgIpc) is 3.94. The van der Waals surface area contributed by atoms with E-state index in [1.54, 1.807) is 0 Å². The van der Waals surface area contributed by atoms with Gasteiger partial charge in [0.15, 0.2) is 5.82 Å². The lowest BCUT2D eigenvalue weighted by Gasteiger charge is -2.12. The average molecular weight is 729 g/mol. The molecule has 0 aliphatic heterocycles.